The smallest absolute Gasteiger partial charge is 0.359 e. The monoisotopic (exact) mass is 393 g/mol. The third kappa shape index (κ3) is 4.92. The van der Waals surface area contributed by atoms with Crippen molar-refractivity contribution in [3.05, 3.63) is 76.2 Å². The number of benzene rings is 2. The topological polar surface area (TPSA) is 118 Å². The molecule has 0 radical (unpaired) electrons. The molecule has 0 unspecified atom stereocenters. The van der Waals surface area contributed by atoms with Crippen LogP contribution in [0.25, 0.3) is 10.8 Å². The highest BCUT2D eigenvalue weighted by atomic mass is 16.5. The van der Waals surface area contributed by atoms with Crippen LogP contribution >= 0.6 is 0 Å². The van der Waals surface area contributed by atoms with Crippen LogP contribution in [0.15, 0.2) is 59.4 Å². The molecule has 0 aliphatic carbocycles. The van der Waals surface area contributed by atoms with Gasteiger partial charge in [-0.3, -0.25) is 14.4 Å². The first-order chi connectivity index (χ1) is 14.0. The lowest BCUT2D eigenvalue weighted by Crippen LogP contribution is -2.43. The van der Waals surface area contributed by atoms with Gasteiger partial charge in [0, 0.05) is 5.39 Å². The van der Waals surface area contributed by atoms with Gasteiger partial charge in [0.1, 0.15) is 0 Å². The van der Waals surface area contributed by atoms with Gasteiger partial charge in [0.25, 0.3) is 11.5 Å². The zero-order valence-electron chi connectivity index (χ0n) is 15.7. The van der Waals surface area contributed by atoms with Gasteiger partial charge in [-0.05, 0) is 25.0 Å². The van der Waals surface area contributed by atoms with E-state index in [1.165, 1.54) is 6.92 Å². The number of fused-ring (bicyclic) bond motifs is 1. The molecule has 3 aromatic rings. The van der Waals surface area contributed by atoms with Gasteiger partial charge < -0.3 is 10.1 Å². The second kappa shape index (κ2) is 8.92. The normalized spacial score (nSPS) is 11.6. The van der Waals surface area contributed by atoms with Crippen molar-refractivity contribution in [2.24, 2.45) is 0 Å². The molecule has 0 saturated carbocycles. The molecule has 148 valence electrons. The minimum absolute atomic E-state index is 0.0968. The molecule has 0 bridgehead atoms. The fourth-order valence-corrected chi connectivity index (χ4v) is 2.85. The Morgan fingerprint density at radius 3 is 2.38 bits per heavy atom. The van der Waals surface area contributed by atoms with Crippen molar-refractivity contribution in [1.29, 1.82) is 0 Å². The SMILES string of the molecule is CC(=O)[C@@H](Cc1ccccc1)NC(=O)COC(=O)c1n[nH]c(=O)c2ccccc12. The largest absolute Gasteiger partial charge is 0.451 e. The molecule has 1 aromatic heterocycles. The average molecular weight is 393 g/mol. The van der Waals surface area contributed by atoms with Gasteiger partial charge in [0.15, 0.2) is 18.1 Å². The molecule has 2 N–H and O–H groups in total. The molecular weight excluding hydrogens is 374 g/mol. The van der Waals surface area contributed by atoms with E-state index in [0.29, 0.717) is 17.2 Å². The van der Waals surface area contributed by atoms with Crippen molar-refractivity contribution in [3.63, 3.8) is 0 Å². The number of Topliss-reactive ketones (excluding diaryl/α,β-unsaturated/α-hetero) is 1. The van der Waals surface area contributed by atoms with E-state index in [1.54, 1.807) is 24.3 Å². The van der Waals surface area contributed by atoms with Crippen LogP contribution in [0.1, 0.15) is 23.0 Å². The first-order valence-corrected chi connectivity index (χ1v) is 8.94. The fraction of sp³-hybridized carbons (Fsp3) is 0.190. The van der Waals surface area contributed by atoms with E-state index in [9.17, 15) is 19.2 Å². The van der Waals surface area contributed by atoms with Crippen LogP contribution in [-0.4, -0.2) is 40.5 Å². The summed E-state index contributed by atoms with van der Waals surface area (Å²) < 4.78 is 5.02. The molecule has 0 spiro atoms. The van der Waals surface area contributed by atoms with E-state index in [1.807, 2.05) is 30.3 Å². The van der Waals surface area contributed by atoms with Gasteiger partial charge in [0.05, 0.1) is 11.4 Å². The van der Waals surface area contributed by atoms with E-state index in [4.69, 9.17) is 4.74 Å². The van der Waals surface area contributed by atoms with Gasteiger partial charge in [-0.15, -0.1) is 0 Å². The van der Waals surface area contributed by atoms with E-state index in [-0.39, 0.29) is 11.5 Å². The van der Waals surface area contributed by atoms with E-state index in [0.717, 1.165) is 5.56 Å². The first-order valence-electron chi connectivity index (χ1n) is 8.94. The molecule has 29 heavy (non-hydrogen) atoms. The number of aromatic amines is 1. The van der Waals surface area contributed by atoms with Crippen molar-refractivity contribution in [2.75, 3.05) is 6.61 Å². The quantitative estimate of drug-likeness (QED) is 0.586. The Bertz CT molecular complexity index is 1110. The van der Waals surface area contributed by atoms with Crippen molar-refractivity contribution < 1.29 is 19.1 Å². The lowest BCUT2D eigenvalue weighted by atomic mass is 10.0. The zero-order valence-corrected chi connectivity index (χ0v) is 15.7. The Morgan fingerprint density at radius 2 is 1.69 bits per heavy atom. The lowest BCUT2D eigenvalue weighted by molar-refractivity contribution is -0.128. The Labute approximate surface area is 165 Å². The summed E-state index contributed by atoms with van der Waals surface area (Å²) in [7, 11) is 0. The number of ether oxygens (including phenoxy) is 1. The maximum atomic E-state index is 12.3. The van der Waals surface area contributed by atoms with Crippen LogP contribution in [0.2, 0.25) is 0 Å². The zero-order chi connectivity index (χ0) is 20.8. The molecule has 1 atom stereocenters. The molecule has 0 fully saturated rings. The van der Waals surface area contributed by atoms with Crippen molar-refractivity contribution in [1.82, 2.24) is 15.5 Å². The molecule has 0 aliphatic heterocycles. The van der Waals surface area contributed by atoms with Gasteiger partial charge in [-0.25, -0.2) is 9.89 Å². The van der Waals surface area contributed by atoms with E-state index in [2.05, 4.69) is 15.5 Å². The summed E-state index contributed by atoms with van der Waals surface area (Å²) >= 11 is 0. The third-order valence-electron chi connectivity index (χ3n) is 4.33. The summed E-state index contributed by atoms with van der Waals surface area (Å²) in [5.74, 6) is -1.67. The second-order valence-electron chi connectivity index (χ2n) is 6.44. The summed E-state index contributed by atoms with van der Waals surface area (Å²) in [5, 5.41) is 9.16. The Morgan fingerprint density at radius 1 is 1.03 bits per heavy atom. The lowest BCUT2D eigenvalue weighted by Gasteiger charge is -2.16. The maximum absolute atomic E-state index is 12.3. The van der Waals surface area contributed by atoms with Crippen LogP contribution in [0.3, 0.4) is 0 Å². The molecule has 1 heterocycles. The van der Waals surface area contributed by atoms with E-state index >= 15 is 0 Å². The van der Waals surface area contributed by atoms with Crippen LogP contribution in [-0.2, 0) is 20.7 Å². The average Bonchev–Trinajstić information content (AvgIpc) is 2.73. The van der Waals surface area contributed by atoms with Gasteiger partial charge >= 0.3 is 5.97 Å². The van der Waals surface area contributed by atoms with Crippen molar-refractivity contribution in [2.45, 2.75) is 19.4 Å². The molecule has 0 saturated heterocycles. The van der Waals surface area contributed by atoms with Crippen LogP contribution < -0.4 is 10.9 Å². The van der Waals surface area contributed by atoms with Gasteiger partial charge in [0.2, 0.25) is 0 Å². The number of nitrogens with one attached hydrogen (secondary N) is 2. The molecule has 8 nitrogen and oxygen atoms in total. The fourth-order valence-electron chi connectivity index (χ4n) is 2.85. The molecule has 1 amide bonds. The summed E-state index contributed by atoms with van der Waals surface area (Å²) in [4.78, 5) is 48.2. The standard InChI is InChI=1S/C21H19N3O5/c1-13(25)17(11-14-7-3-2-4-8-14)22-18(26)12-29-21(28)19-15-9-5-6-10-16(15)20(27)24-23-19/h2-10,17H,11-12H2,1H3,(H,22,26)(H,24,27)/t17-/m1/s1. The predicted octanol–water partition coefficient (Wildman–Crippen LogP) is 1.40. The molecule has 8 heteroatoms. The highest BCUT2D eigenvalue weighted by Crippen LogP contribution is 2.13. The number of carbonyl (C=O) groups excluding carboxylic acids is 3. The maximum Gasteiger partial charge on any atom is 0.359 e. The summed E-state index contributed by atoms with van der Waals surface area (Å²) in [6.45, 7) is 0.808. The predicted molar refractivity (Wildman–Crippen MR) is 105 cm³/mol. The van der Waals surface area contributed by atoms with Crippen LogP contribution in [0.4, 0.5) is 0 Å². The highest BCUT2D eigenvalue weighted by molar-refractivity contribution is 6.02. The number of hydrogen-bond donors (Lipinski definition) is 2. The number of nitrogens with zero attached hydrogens (tertiary/aromatic N) is 1. The number of aromatic nitrogens is 2. The van der Waals surface area contributed by atoms with E-state index < -0.39 is 30.1 Å². The minimum Gasteiger partial charge on any atom is -0.451 e. The molecular formula is C21H19N3O5. The number of amides is 1. The van der Waals surface area contributed by atoms with Gasteiger partial charge in [-0.1, -0.05) is 48.5 Å². The van der Waals surface area contributed by atoms with Crippen molar-refractivity contribution >= 4 is 28.4 Å². The Hall–Kier alpha value is -3.81. The van der Waals surface area contributed by atoms with Crippen LogP contribution in [0, 0.1) is 0 Å². The number of carbonyl (C=O) groups is 3. The minimum atomic E-state index is -0.852. The molecule has 2 aromatic carbocycles. The third-order valence-corrected chi connectivity index (χ3v) is 4.33. The van der Waals surface area contributed by atoms with Crippen LogP contribution in [0.5, 0.6) is 0 Å². The number of esters is 1. The first kappa shape index (κ1) is 19.9. The number of rotatable bonds is 7. The Kier molecular flexibility index (Phi) is 6.13. The molecule has 3 rings (SSSR count). The highest BCUT2D eigenvalue weighted by Gasteiger charge is 2.20. The molecule has 0 aliphatic rings. The second-order valence-corrected chi connectivity index (χ2v) is 6.44. The summed E-state index contributed by atoms with van der Waals surface area (Å²) in [5.41, 5.74) is 0.370. The Balaban J connectivity index is 1.64. The number of ketones is 1. The van der Waals surface area contributed by atoms with Gasteiger partial charge in [-0.2, -0.15) is 5.10 Å². The van der Waals surface area contributed by atoms with Crippen molar-refractivity contribution in [3.8, 4) is 0 Å². The number of H-pyrrole nitrogens is 1. The number of hydrogen-bond acceptors (Lipinski definition) is 6. The summed E-state index contributed by atoms with van der Waals surface area (Å²) in [6, 6.07) is 15.0. The summed E-state index contributed by atoms with van der Waals surface area (Å²) in [6.07, 6.45) is 0.335.